The Labute approximate surface area is 365 Å². The van der Waals surface area contributed by atoms with Gasteiger partial charge in [-0.1, -0.05) is 182 Å². The lowest BCUT2D eigenvalue weighted by molar-refractivity contribution is 0.361. The van der Waals surface area contributed by atoms with Crippen LogP contribution in [0.4, 0.5) is 0 Å². The van der Waals surface area contributed by atoms with Gasteiger partial charge in [0, 0.05) is 39.6 Å². The van der Waals surface area contributed by atoms with Gasteiger partial charge in [-0.05, 0) is 69.8 Å². The van der Waals surface area contributed by atoms with Gasteiger partial charge in [-0.3, -0.25) is 4.98 Å². The van der Waals surface area contributed by atoms with Crippen LogP contribution in [-0.2, 0) is 5.41 Å². The van der Waals surface area contributed by atoms with E-state index in [1.54, 1.807) is 0 Å². The summed E-state index contributed by atoms with van der Waals surface area (Å²) in [5.74, 6) is 3.42. The second kappa shape index (κ2) is 14.9. The zero-order valence-corrected chi connectivity index (χ0v) is 34.0. The lowest BCUT2D eigenvalue weighted by Crippen LogP contribution is -2.28. The Balaban J connectivity index is 0.945. The topological polar surface area (TPSA) is 57.1 Å². The summed E-state index contributed by atoms with van der Waals surface area (Å²) in [5.41, 5.74) is 14.8. The van der Waals surface area contributed by atoms with E-state index in [0.717, 1.165) is 72.9 Å². The van der Waals surface area contributed by atoms with Crippen LogP contribution < -0.4 is 9.47 Å². The Kier molecular flexibility index (Phi) is 8.64. The van der Waals surface area contributed by atoms with Crippen molar-refractivity contribution in [3.05, 3.63) is 247 Å². The van der Waals surface area contributed by atoms with Crippen LogP contribution in [0, 0.1) is 0 Å². The Morgan fingerprint density at radius 2 is 0.937 bits per heavy atom. The van der Waals surface area contributed by atoms with E-state index in [2.05, 4.69) is 169 Å². The van der Waals surface area contributed by atoms with Crippen molar-refractivity contribution in [3.8, 4) is 90.4 Å². The molecule has 12 rings (SSSR count). The summed E-state index contributed by atoms with van der Waals surface area (Å²) in [4.78, 5) is 14.8. The Morgan fingerprint density at radius 3 is 1.67 bits per heavy atom. The number of nitrogens with zero attached hydrogens (tertiary/aromatic N) is 3. The third-order valence-electron chi connectivity index (χ3n) is 12.3. The predicted molar refractivity (Wildman–Crippen MR) is 251 cm³/mol. The summed E-state index contributed by atoms with van der Waals surface area (Å²) in [7, 11) is 0. The van der Waals surface area contributed by atoms with Crippen molar-refractivity contribution in [1.29, 1.82) is 0 Å². The Hall–Kier alpha value is -8.41. The molecular formula is C58H37N3O2. The summed E-state index contributed by atoms with van der Waals surface area (Å²) < 4.78 is 13.9. The van der Waals surface area contributed by atoms with Crippen LogP contribution in [0.3, 0.4) is 0 Å². The molecule has 2 aliphatic rings. The average molecular weight is 808 g/mol. The maximum absolute atomic E-state index is 7.16. The molecule has 3 heterocycles. The van der Waals surface area contributed by atoms with Crippen molar-refractivity contribution in [1.82, 2.24) is 15.0 Å². The third kappa shape index (κ3) is 6.05. The number of hydrogen-bond acceptors (Lipinski definition) is 5. The van der Waals surface area contributed by atoms with Gasteiger partial charge in [-0.2, -0.15) is 0 Å². The van der Waals surface area contributed by atoms with E-state index in [1.165, 1.54) is 16.7 Å². The van der Waals surface area contributed by atoms with Crippen molar-refractivity contribution in [2.75, 3.05) is 0 Å². The molecule has 10 aromatic rings. The van der Waals surface area contributed by atoms with Gasteiger partial charge in [-0.15, -0.1) is 0 Å². The summed E-state index contributed by atoms with van der Waals surface area (Å²) in [5, 5.41) is 0. The minimum Gasteiger partial charge on any atom is -0.449 e. The lowest BCUT2D eigenvalue weighted by Gasteiger charge is -2.34. The molecule has 0 saturated carbocycles. The van der Waals surface area contributed by atoms with E-state index in [-0.39, 0.29) is 0 Å². The van der Waals surface area contributed by atoms with Gasteiger partial charge in [0.1, 0.15) is 0 Å². The van der Waals surface area contributed by atoms with Crippen molar-refractivity contribution < 1.29 is 9.47 Å². The molecule has 296 valence electrons. The molecule has 0 saturated heterocycles. The van der Waals surface area contributed by atoms with Gasteiger partial charge in [-0.25, -0.2) is 9.97 Å². The molecule has 1 aliphatic heterocycles. The monoisotopic (exact) mass is 807 g/mol. The van der Waals surface area contributed by atoms with E-state index < -0.39 is 5.41 Å². The van der Waals surface area contributed by atoms with Crippen LogP contribution >= 0.6 is 0 Å². The van der Waals surface area contributed by atoms with Crippen molar-refractivity contribution in [3.63, 3.8) is 0 Å². The summed E-state index contributed by atoms with van der Waals surface area (Å²) in [6.07, 6.45) is 1.81. The molecule has 63 heavy (non-hydrogen) atoms. The van der Waals surface area contributed by atoms with Crippen LogP contribution in [0.5, 0.6) is 23.0 Å². The van der Waals surface area contributed by atoms with Crippen LogP contribution in [0.25, 0.3) is 67.4 Å². The number of hydrogen-bond donors (Lipinski definition) is 0. The number of pyridine rings is 1. The number of ether oxygens (including phenoxy) is 2. The molecule has 2 aromatic heterocycles. The summed E-state index contributed by atoms with van der Waals surface area (Å²) in [6, 6.07) is 75.8. The van der Waals surface area contributed by atoms with Gasteiger partial charge in [0.05, 0.1) is 22.5 Å². The quantitative estimate of drug-likeness (QED) is 0.161. The SMILES string of the molecule is c1ccc(-c2cc(-c3ccc(-c4cccc5c4Oc4c(ccc6c4-c4ccccc4C6(c4ccccc4)c4ccccc4)O5)cc3)nc(-c3cccc(-c4ccccn4)c3)n2)cc1. The van der Waals surface area contributed by atoms with E-state index in [4.69, 9.17) is 19.4 Å². The maximum Gasteiger partial charge on any atom is 0.178 e. The number of fused-ring (bicyclic) bond motifs is 6. The third-order valence-corrected chi connectivity index (χ3v) is 12.3. The first-order chi connectivity index (χ1) is 31.2. The van der Waals surface area contributed by atoms with Gasteiger partial charge in [0.25, 0.3) is 0 Å². The molecule has 0 N–H and O–H groups in total. The molecule has 0 radical (unpaired) electrons. The maximum atomic E-state index is 7.16. The summed E-state index contributed by atoms with van der Waals surface area (Å²) in [6.45, 7) is 0. The first-order valence-electron chi connectivity index (χ1n) is 21.2. The van der Waals surface area contributed by atoms with Gasteiger partial charge >= 0.3 is 0 Å². The standard InChI is InChI=1S/C58H37N3O2/c1-4-16-39(17-5-1)50-37-51(61-57(60-50)42-19-14-18-41(36-42)49-27-12-13-35-59-49)40-31-29-38(30-32-40)45-25-15-28-52-55(45)63-56-53(62-52)34-33-48-54(56)46-24-10-11-26-47(46)58(48,43-20-6-2-7-21-43)44-22-8-3-9-23-44/h1-37H. The first-order valence-corrected chi connectivity index (χ1v) is 21.2. The highest BCUT2D eigenvalue weighted by Crippen LogP contribution is 2.62. The number of aromatic nitrogens is 3. The molecule has 0 spiro atoms. The minimum atomic E-state index is -0.550. The van der Waals surface area contributed by atoms with E-state index >= 15 is 0 Å². The zero-order chi connectivity index (χ0) is 41.7. The molecule has 5 nitrogen and oxygen atoms in total. The van der Waals surface area contributed by atoms with Crippen molar-refractivity contribution in [2.45, 2.75) is 5.41 Å². The average Bonchev–Trinajstić information content (AvgIpc) is 3.68. The highest BCUT2D eigenvalue weighted by Gasteiger charge is 2.48. The van der Waals surface area contributed by atoms with Crippen LogP contribution in [0.1, 0.15) is 22.3 Å². The highest BCUT2D eigenvalue weighted by molar-refractivity contribution is 5.92. The molecule has 0 fully saturated rings. The molecule has 0 atom stereocenters. The first kappa shape index (κ1) is 36.4. The van der Waals surface area contributed by atoms with Crippen LogP contribution in [0.2, 0.25) is 0 Å². The second-order valence-corrected chi connectivity index (χ2v) is 15.9. The second-order valence-electron chi connectivity index (χ2n) is 15.9. The molecule has 0 amide bonds. The number of para-hydroxylation sites is 1. The van der Waals surface area contributed by atoms with Gasteiger partial charge < -0.3 is 9.47 Å². The Morgan fingerprint density at radius 1 is 0.349 bits per heavy atom. The molecule has 0 unspecified atom stereocenters. The fraction of sp³-hybridized carbons (Fsp3) is 0.0172. The number of rotatable bonds is 7. The predicted octanol–water partition coefficient (Wildman–Crippen LogP) is 14.5. The van der Waals surface area contributed by atoms with E-state index in [9.17, 15) is 0 Å². The normalized spacial score (nSPS) is 12.8. The van der Waals surface area contributed by atoms with E-state index in [1.807, 2.05) is 60.8 Å². The molecule has 1 aliphatic carbocycles. The molecular weight excluding hydrogens is 771 g/mol. The minimum absolute atomic E-state index is 0.550. The van der Waals surface area contributed by atoms with E-state index in [0.29, 0.717) is 23.1 Å². The van der Waals surface area contributed by atoms with Crippen LogP contribution in [-0.4, -0.2) is 15.0 Å². The largest absolute Gasteiger partial charge is 0.449 e. The number of benzene rings is 8. The smallest absolute Gasteiger partial charge is 0.178 e. The fourth-order valence-corrected chi connectivity index (χ4v) is 9.47. The zero-order valence-electron chi connectivity index (χ0n) is 34.0. The van der Waals surface area contributed by atoms with Crippen LogP contribution in [0.15, 0.2) is 225 Å². The van der Waals surface area contributed by atoms with Gasteiger partial charge in [0.2, 0.25) is 0 Å². The molecule has 8 aromatic carbocycles. The fourth-order valence-electron chi connectivity index (χ4n) is 9.47. The summed E-state index contributed by atoms with van der Waals surface area (Å²) >= 11 is 0. The van der Waals surface area contributed by atoms with Crippen molar-refractivity contribution >= 4 is 0 Å². The lowest BCUT2D eigenvalue weighted by atomic mass is 9.68. The molecule has 5 heteroatoms. The highest BCUT2D eigenvalue weighted by atomic mass is 16.6. The Bertz CT molecular complexity index is 3280. The van der Waals surface area contributed by atoms with Crippen molar-refractivity contribution in [2.24, 2.45) is 0 Å². The van der Waals surface area contributed by atoms with Gasteiger partial charge in [0.15, 0.2) is 28.8 Å². The molecule has 0 bridgehead atoms.